The highest BCUT2D eigenvalue weighted by atomic mass is 15.3. The van der Waals surface area contributed by atoms with Gasteiger partial charge >= 0.3 is 0 Å². The summed E-state index contributed by atoms with van der Waals surface area (Å²) in [6.45, 7) is 6.25. The normalized spacial score (nSPS) is 15.5. The molecule has 0 atom stereocenters. The van der Waals surface area contributed by atoms with Crippen LogP contribution in [0.25, 0.3) is 0 Å². The van der Waals surface area contributed by atoms with E-state index in [1.807, 2.05) is 13.0 Å². The van der Waals surface area contributed by atoms with Crippen LogP contribution in [0.15, 0.2) is 30.3 Å². The van der Waals surface area contributed by atoms with Crippen LogP contribution in [0.5, 0.6) is 0 Å². The molecule has 4 nitrogen and oxygen atoms in total. The molecular weight excluding hydrogens is 272 g/mol. The number of hydrogen-bond acceptors (Lipinski definition) is 4. The highest BCUT2D eigenvalue weighted by Gasteiger charge is 2.13. The van der Waals surface area contributed by atoms with Crippen LogP contribution >= 0.6 is 0 Å². The number of rotatable bonds is 3. The lowest BCUT2D eigenvalue weighted by Crippen LogP contribution is -2.26. The Kier molecular flexibility index (Phi) is 4.56. The Morgan fingerprint density at radius 1 is 0.955 bits per heavy atom. The first-order valence-corrected chi connectivity index (χ1v) is 8.15. The van der Waals surface area contributed by atoms with E-state index >= 15 is 0 Å². The Morgan fingerprint density at radius 2 is 1.73 bits per heavy atom. The van der Waals surface area contributed by atoms with Crippen LogP contribution in [0.4, 0.5) is 17.5 Å². The van der Waals surface area contributed by atoms with E-state index in [0.717, 1.165) is 36.2 Å². The molecule has 3 rings (SSSR count). The van der Waals surface area contributed by atoms with Crippen molar-refractivity contribution in [3.05, 3.63) is 41.6 Å². The fourth-order valence-corrected chi connectivity index (χ4v) is 2.90. The second kappa shape index (κ2) is 6.77. The van der Waals surface area contributed by atoms with Crippen LogP contribution < -0.4 is 10.2 Å². The van der Waals surface area contributed by atoms with Crippen molar-refractivity contribution in [2.24, 2.45) is 0 Å². The van der Waals surface area contributed by atoms with Crippen molar-refractivity contribution in [2.75, 3.05) is 23.3 Å². The third-order valence-corrected chi connectivity index (χ3v) is 4.02. The molecule has 2 heterocycles. The molecule has 1 aromatic carbocycles. The SMILES string of the molecule is Cc1cccc(Nc2cc(C)nc(N3CCCCCC3)n2)c1. The highest BCUT2D eigenvalue weighted by Crippen LogP contribution is 2.21. The molecule has 116 valence electrons. The molecular formula is C18H24N4. The predicted molar refractivity (Wildman–Crippen MR) is 91.9 cm³/mol. The van der Waals surface area contributed by atoms with E-state index in [9.17, 15) is 0 Å². The van der Waals surface area contributed by atoms with Gasteiger partial charge in [0.15, 0.2) is 0 Å². The third-order valence-electron chi connectivity index (χ3n) is 4.02. The number of benzene rings is 1. The summed E-state index contributed by atoms with van der Waals surface area (Å²) in [6, 6.07) is 10.4. The molecule has 1 aliphatic heterocycles. The number of nitrogens with one attached hydrogen (secondary N) is 1. The molecule has 1 aliphatic rings. The molecule has 1 saturated heterocycles. The minimum Gasteiger partial charge on any atom is -0.341 e. The van der Waals surface area contributed by atoms with Gasteiger partial charge in [0.25, 0.3) is 0 Å². The van der Waals surface area contributed by atoms with Crippen LogP contribution in [-0.2, 0) is 0 Å². The zero-order chi connectivity index (χ0) is 15.4. The molecule has 1 aromatic heterocycles. The van der Waals surface area contributed by atoms with E-state index in [1.165, 1.54) is 31.2 Å². The zero-order valence-corrected chi connectivity index (χ0v) is 13.5. The summed E-state index contributed by atoms with van der Waals surface area (Å²) in [4.78, 5) is 11.7. The van der Waals surface area contributed by atoms with Gasteiger partial charge in [0.2, 0.25) is 5.95 Å². The zero-order valence-electron chi connectivity index (χ0n) is 13.5. The van der Waals surface area contributed by atoms with Crippen LogP contribution in [-0.4, -0.2) is 23.1 Å². The first-order valence-electron chi connectivity index (χ1n) is 8.15. The van der Waals surface area contributed by atoms with Gasteiger partial charge in [0.1, 0.15) is 5.82 Å². The molecule has 0 bridgehead atoms. The summed E-state index contributed by atoms with van der Waals surface area (Å²) in [5, 5.41) is 3.40. The molecule has 22 heavy (non-hydrogen) atoms. The lowest BCUT2D eigenvalue weighted by Gasteiger charge is -2.21. The maximum atomic E-state index is 4.73. The summed E-state index contributed by atoms with van der Waals surface area (Å²) in [5.41, 5.74) is 3.31. The van der Waals surface area contributed by atoms with Gasteiger partial charge in [0.05, 0.1) is 0 Å². The predicted octanol–water partition coefficient (Wildman–Crippen LogP) is 4.22. The maximum absolute atomic E-state index is 4.73. The average Bonchev–Trinajstić information content (AvgIpc) is 2.75. The number of nitrogens with zero attached hydrogens (tertiary/aromatic N) is 3. The fourth-order valence-electron chi connectivity index (χ4n) is 2.90. The van der Waals surface area contributed by atoms with Crippen LogP contribution in [0.3, 0.4) is 0 Å². The van der Waals surface area contributed by atoms with Crippen LogP contribution in [0, 0.1) is 13.8 Å². The molecule has 0 spiro atoms. The largest absolute Gasteiger partial charge is 0.341 e. The quantitative estimate of drug-likeness (QED) is 0.921. The van der Waals surface area contributed by atoms with Gasteiger partial charge in [-0.2, -0.15) is 4.98 Å². The van der Waals surface area contributed by atoms with Crippen molar-refractivity contribution >= 4 is 17.5 Å². The lowest BCUT2D eigenvalue weighted by molar-refractivity contribution is 0.726. The first-order chi connectivity index (χ1) is 10.7. The van der Waals surface area contributed by atoms with E-state index in [-0.39, 0.29) is 0 Å². The van der Waals surface area contributed by atoms with Gasteiger partial charge in [-0.1, -0.05) is 25.0 Å². The van der Waals surface area contributed by atoms with E-state index in [1.54, 1.807) is 0 Å². The molecule has 0 unspecified atom stereocenters. The average molecular weight is 296 g/mol. The van der Waals surface area contributed by atoms with Crippen LogP contribution in [0.2, 0.25) is 0 Å². The van der Waals surface area contributed by atoms with Gasteiger partial charge in [0, 0.05) is 30.5 Å². The van der Waals surface area contributed by atoms with Gasteiger partial charge in [-0.3, -0.25) is 0 Å². The minimum atomic E-state index is 0.858. The molecule has 2 aromatic rings. The topological polar surface area (TPSA) is 41.1 Å². The summed E-state index contributed by atoms with van der Waals surface area (Å²) in [7, 11) is 0. The second-order valence-corrected chi connectivity index (χ2v) is 6.09. The van der Waals surface area contributed by atoms with Crippen molar-refractivity contribution in [2.45, 2.75) is 39.5 Å². The van der Waals surface area contributed by atoms with Crippen molar-refractivity contribution in [3.63, 3.8) is 0 Å². The summed E-state index contributed by atoms with van der Waals surface area (Å²) >= 11 is 0. The van der Waals surface area contributed by atoms with Crippen LogP contribution in [0.1, 0.15) is 36.9 Å². The lowest BCUT2D eigenvalue weighted by atomic mass is 10.2. The smallest absolute Gasteiger partial charge is 0.227 e. The number of aryl methyl sites for hydroxylation is 2. The van der Waals surface area contributed by atoms with Gasteiger partial charge in [-0.25, -0.2) is 4.98 Å². The third kappa shape index (κ3) is 3.75. The summed E-state index contributed by atoms with van der Waals surface area (Å²) in [5.74, 6) is 1.73. The van der Waals surface area contributed by atoms with Crippen molar-refractivity contribution in [1.82, 2.24) is 9.97 Å². The number of aromatic nitrogens is 2. The summed E-state index contributed by atoms with van der Waals surface area (Å²) in [6.07, 6.45) is 5.10. The monoisotopic (exact) mass is 296 g/mol. The van der Waals surface area contributed by atoms with Crippen molar-refractivity contribution in [3.8, 4) is 0 Å². The maximum Gasteiger partial charge on any atom is 0.227 e. The Balaban J connectivity index is 1.82. The van der Waals surface area contributed by atoms with Gasteiger partial charge in [-0.15, -0.1) is 0 Å². The number of anilines is 3. The summed E-state index contributed by atoms with van der Waals surface area (Å²) < 4.78 is 0. The van der Waals surface area contributed by atoms with E-state index in [4.69, 9.17) is 4.98 Å². The highest BCUT2D eigenvalue weighted by molar-refractivity contribution is 5.58. The van der Waals surface area contributed by atoms with E-state index < -0.39 is 0 Å². The fraction of sp³-hybridized carbons (Fsp3) is 0.444. The first kappa shape index (κ1) is 14.8. The van der Waals surface area contributed by atoms with Crippen molar-refractivity contribution in [1.29, 1.82) is 0 Å². The Bertz CT molecular complexity index is 631. The molecule has 0 amide bonds. The van der Waals surface area contributed by atoms with Gasteiger partial charge < -0.3 is 10.2 Å². The van der Waals surface area contributed by atoms with E-state index in [2.05, 4.69) is 46.4 Å². The Hall–Kier alpha value is -2.10. The van der Waals surface area contributed by atoms with Crippen molar-refractivity contribution < 1.29 is 0 Å². The minimum absolute atomic E-state index is 0.858. The number of hydrogen-bond donors (Lipinski definition) is 1. The van der Waals surface area contributed by atoms with Gasteiger partial charge in [-0.05, 0) is 44.4 Å². The standard InChI is InChI=1S/C18H24N4/c1-14-8-7-9-16(12-14)20-17-13-15(2)19-18(21-17)22-10-5-3-4-6-11-22/h7-9,12-13H,3-6,10-11H2,1-2H3,(H,19,20,21). The Labute approximate surface area is 132 Å². The van der Waals surface area contributed by atoms with E-state index in [0.29, 0.717) is 0 Å². The molecule has 1 N–H and O–H groups in total. The molecule has 1 fully saturated rings. The molecule has 0 aliphatic carbocycles. The molecule has 4 heteroatoms. The second-order valence-electron chi connectivity index (χ2n) is 6.09. The molecule has 0 radical (unpaired) electrons. The molecule has 0 saturated carbocycles. The Morgan fingerprint density at radius 3 is 2.45 bits per heavy atom.